The summed E-state index contributed by atoms with van der Waals surface area (Å²) < 4.78 is 0. The number of fused-ring (bicyclic) bond motifs is 1. The van der Waals surface area contributed by atoms with Crippen molar-refractivity contribution in [2.24, 2.45) is 4.99 Å². The Morgan fingerprint density at radius 1 is 1.14 bits per heavy atom. The van der Waals surface area contributed by atoms with Crippen LogP contribution in [0.2, 0.25) is 5.02 Å². The number of aliphatic imine (C=N–C) groups is 1. The van der Waals surface area contributed by atoms with Crippen molar-refractivity contribution in [1.82, 2.24) is 4.98 Å². The van der Waals surface area contributed by atoms with Crippen LogP contribution in [-0.4, -0.2) is 22.1 Å². The van der Waals surface area contributed by atoms with Crippen molar-refractivity contribution >= 4 is 40.2 Å². The van der Waals surface area contributed by atoms with Crippen molar-refractivity contribution in [2.75, 3.05) is 0 Å². The zero-order chi connectivity index (χ0) is 15.5. The minimum atomic E-state index is -0.221. The third kappa shape index (κ3) is 2.82. The largest absolute Gasteiger partial charge is 0.506 e. The first-order chi connectivity index (χ1) is 10.6. The summed E-state index contributed by atoms with van der Waals surface area (Å²) in [5, 5.41) is 11.0. The maximum Gasteiger partial charge on any atom is 0.204 e. The predicted octanol–water partition coefficient (Wildman–Crippen LogP) is 4.18. The standard InChI is InChI=1S/C17H11ClN2O2/c18-12-5-3-11(4-6-12)16(22)10-20-14-7-8-15(21)17-13(14)2-1-9-19-17/h1-10,21H/b20-10+. The van der Waals surface area contributed by atoms with Gasteiger partial charge in [0, 0.05) is 22.2 Å². The van der Waals surface area contributed by atoms with E-state index in [0.29, 0.717) is 27.2 Å². The summed E-state index contributed by atoms with van der Waals surface area (Å²) in [5.74, 6) is -0.139. The van der Waals surface area contributed by atoms with Gasteiger partial charge in [-0.1, -0.05) is 11.6 Å². The van der Waals surface area contributed by atoms with E-state index < -0.39 is 0 Å². The number of hydrogen-bond donors (Lipinski definition) is 1. The first kappa shape index (κ1) is 14.2. The predicted molar refractivity (Wildman–Crippen MR) is 87.3 cm³/mol. The van der Waals surface area contributed by atoms with E-state index in [1.165, 1.54) is 12.3 Å². The number of benzene rings is 2. The van der Waals surface area contributed by atoms with Gasteiger partial charge in [0.25, 0.3) is 0 Å². The average Bonchev–Trinajstić information content (AvgIpc) is 2.55. The minimum Gasteiger partial charge on any atom is -0.506 e. The number of pyridine rings is 1. The first-order valence-electron chi connectivity index (χ1n) is 6.56. The van der Waals surface area contributed by atoms with Crippen molar-refractivity contribution in [3.8, 4) is 5.75 Å². The van der Waals surface area contributed by atoms with Gasteiger partial charge in [0.05, 0.1) is 11.9 Å². The monoisotopic (exact) mass is 310 g/mol. The van der Waals surface area contributed by atoms with Gasteiger partial charge < -0.3 is 5.11 Å². The van der Waals surface area contributed by atoms with Gasteiger partial charge in [0.15, 0.2) is 0 Å². The Balaban J connectivity index is 1.94. The van der Waals surface area contributed by atoms with Gasteiger partial charge in [0.1, 0.15) is 11.3 Å². The molecule has 0 aliphatic rings. The van der Waals surface area contributed by atoms with Crippen LogP contribution in [0.15, 0.2) is 59.7 Å². The van der Waals surface area contributed by atoms with Crippen molar-refractivity contribution in [3.05, 3.63) is 65.3 Å². The SMILES string of the molecule is O=C(/C=N/c1ccc(O)c2ncccc12)c1ccc(Cl)cc1. The van der Waals surface area contributed by atoms with Gasteiger partial charge in [-0.25, -0.2) is 0 Å². The summed E-state index contributed by atoms with van der Waals surface area (Å²) in [6.07, 6.45) is 2.84. The number of phenolic OH excluding ortho intramolecular Hbond substituents is 1. The summed E-state index contributed by atoms with van der Waals surface area (Å²) >= 11 is 5.79. The number of aromatic nitrogens is 1. The lowest BCUT2D eigenvalue weighted by molar-refractivity contribution is 0.107. The molecule has 0 aliphatic carbocycles. The van der Waals surface area contributed by atoms with Gasteiger partial charge in [-0.3, -0.25) is 14.8 Å². The summed E-state index contributed by atoms with van der Waals surface area (Å²) in [4.78, 5) is 20.4. The highest BCUT2D eigenvalue weighted by Crippen LogP contribution is 2.30. The van der Waals surface area contributed by atoms with Crippen molar-refractivity contribution in [1.29, 1.82) is 0 Å². The highest BCUT2D eigenvalue weighted by molar-refractivity contribution is 6.36. The van der Waals surface area contributed by atoms with Gasteiger partial charge >= 0.3 is 0 Å². The number of ketones is 1. The van der Waals surface area contributed by atoms with E-state index in [1.807, 2.05) is 0 Å². The molecule has 4 nitrogen and oxygen atoms in total. The molecule has 2 aromatic carbocycles. The first-order valence-corrected chi connectivity index (χ1v) is 6.93. The Morgan fingerprint density at radius 3 is 2.68 bits per heavy atom. The number of carbonyl (C=O) groups is 1. The topological polar surface area (TPSA) is 62.5 Å². The fourth-order valence-corrected chi connectivity index (χ4v) is 2.20. The summed E-state index contributed by atoms with van der Waals surface area (Å²) in [5.41, 5.74) is 1.54. The molecule has 0 bridgehead atoms. The highest BCUT2D eigenvalue weighted by atomic mass is 35.5. The fourth-order valence-electron chi connectivity index (χ4n) is 2.07. The van der Waals surface area contributed by atoms with Crippen molar-refractivity contribution < 1.29 is 9.90 Å². The number of Topliss-reactive ketones (excluding diaryl/α,β-unsaturated/α-hetero) is 1. The maximum atomic E-state index is 12.1. The van der Waals surface area contributed by atoms with Crippen LogP contribution in [0.25, 0.3) is 10.9 Å². The third-order valence-electron chi connectivity index (χ3n) is 3.17. The van der Waals surface area contributed by atoms with E-state index in [2.05, 4.69) is 9.98 Å². The second kappa shape index (κ2) is 5.95. The van der Waals surface area contributed by atoms with E-state index >= 15 is 0 Å². The highest BCUT2D eigenvalue weighted by Gasteiger charge is 2.06. The molecule has 0 unspecified atom stereocenters. The molecule has 1 heterocycles. The summed E-state index contributed by atoms with van der Waals surface area (Å²) in [7, 11) is 0. The van der Waals surface area contributed by atoms with Crippen LogP contribution in [-0.2, 0) is 0 Å². The number of rotatable bonds is 3. The van der Waals surface area contributed by atoms with Gasteiger partial charge in [-0.2, -0.15) is 0 Å². The maximum absolute atomic E-state index is 12.1. The zero-order valence-corrected chi connectivity index (χ0v) is 12.2. The number of nitrogens with zero attached hydrogens (tertiary/aromatic N) is 2. The van der Waals surface area contributed by atoms with E-state index in [-0.39, 0.29) is 11.5 Å². The van der Waals surface area contributed by atoms with Crippen LogP contribution < -0.4 is 0 Å². The lowest BCUT2D eigenvalue weighted by Gasteiger charge is -2.03. The summed E-state index contributed by atoms with van der Waals surface area (Å²) in [6, 6.07) is 13.3. The number of carbonyl (C=O) groups excluding carboxylic acids is 1. The molecule has 0 radical (unpaired) electrons. The molecule has 5 heteroatoms. The molecule has 3 aromatic rings. The summed E-state index contributed by atoms with van der Waals surface area (Å²) in [6.45, 7) is 0. The molecule has 0 aliphatic heterocycles. The molecule has 22 heavy (non-hydrogen) atoms. The van der Waals surface area contributed by atoms with Gasteiger partial charge in [0.2, 0.25) is 5.78 Å². The van der Waals surface area contributed by atoms with Crippen LogP contribution in [0, 0.1) is 0 Å². The normalized spacial score (nSPS) is 11.1. The Hall–Kier alpha value is -2.72. The lowest BCUT2D eigenvalue weighted by Crippen LogP contribution is -1.99. The van der Waals surface area contributed by atoms with E-state index in [0.717, 1.165) is 0 Å². The minimum absolute atomic E-state index is 0.0820. The number of aromatic hydroxyl groups is 1. The molecule has 0 fully saturated rings. The molecule has 1 N–H and O–H groups in total. The molecule has 0 saturated heterocycles. The second-order valence-electron chi connectivity index (χ2n) is 4.63. The third-order valence-corrected chi connectivity index (χ3v) is 3.43. The van der Waals surface area contributed by atoms with Crippen molar-refractivity contribution in [2.45, 2.75) is 0 Å². The second-order valence-corrected chi connectivity index (χ2v) is 5.07. The zero-order valence-electron chi connectivity index (χ0n) is 11.4. The van der Waals surface area contributed by atoms with Crippen LogP contribution in [0.3, 0.4) is 0 Å². The average molecular weight is 311 g/mol. The Kier molecular flexibility index (Phi) is 3.85. The van der Waals surface area contributed by atoms with Crippen molar-refractivity contribution in [3.63, 3.8) is 0 Å². The Morgan fingerprint density at radius 2 is 1.91 bits per heavy atom. The van der Waals surface area contributed by atoms with Crippen LogP contribution in [0.1, 0.15) is 10.4 Å². The molecule has 0 saturated carbocycles. The van der Waals surface area contributed by atoms with E-state index in [9.17, 15) is 9.90 Å². The van der Waals surface area contributed by atoms with E-state index in [1.54, 1.807) is 48.7 Å². The number of halogens is 1. The molecular weight excluding hydrogens is 300 g/mol. The number of phenols is 1. The lowest BCUT2D eigenvalue weighted by atomic mass is 10.1. The van der Waals surface area contributed by atoms with Gasteiger partial charge in [-0.05, 0) is 48.5 Å². The molecule has 1 aromatic heterocycles. The van der Waals surface area contributed by atoms with Crippen LogP contribution in [0.4, 0.5) is 5.69 Å². The molecular formula is C17H11ClN2O2. The Labute approximate surface area is 131 Å². The molecule has 108 valence electrons. The van der Waals surface area contributed by atoms with Crippen LogP contribution >= 0.6 is 11.6 Å². The van der Waals surface area contributed by atoms with Crippen LogP contribution in [0.5, 0.6) is 5.75 Å². The molecule has 0 spiro atoms. The molecule has 0 atom stereocenters. The van der Waals surface area contributed by atoms with E-state index in [4.69, 9.17) is 11.6 Å². The Bertz CT molecular complexity index is 873. The van der Waals surface area contributed by atoms with Gasteiger partial charge in [-0.15, -0.1) is 0 Å². The quantitative estimate of drug-likeness (QED) is 0.583. The smallest absolute Gasteiger partial charge is 0.204 e. The fraction of sp³-hybridized carbons (Fsp3) is 0. The molecule has 3 rings (SSSR count). The molecule has 0 amide bonds. The number of hydrogen-bond acceptors (Lipinski definition) is 4.